The Morgan fingerprint density at radius 2 is 2.00 bits per heavy atom. The van der Waals surface area contributed by atoms with Crippen molar-refractivity contribution >= 4 is 75.3 Å². The maximum absolute atomic E-state index is 12.6. The molecule has 1 aromatic rings. The smallest absolute Gasteiger partial charge is 0.311 e. The van der Waals surface area contributed by atoms with Crippen LogP contribution < -0.4 is 15.4 Å². The third-order valence-corrected chi connectivity index (χ3v) is 7.66. The van der Waals surface area contributed by atoms with Crippen molar-refractivity contribution in [2.24, 2.45) is 5.16 Å². The topological polar surface area (TPSA) is 131 Å². The number of allylic oxidation sites excluding steroid dienone is 1. The lowest BCUT2D eigenvalue weighted by atomic mass is 10.0. The van der Waals surface area contributed by atoms with Crippen LogP contribution in [-0.2, 0) is 19.1 Å². The third-order valence-electron chi connectivity index (χ3n) is 5.29. The van der Waals surface area contributed by atoms with Gasteiger partial charge in [-0.15, -0.1) is 0 Å². The molecule has 14 heteroatoms. The summed E-state index contributed by atoms with van der Waals surface area (Å²) in [6.45, 7) is 1.01. The summed E-state index contributed by atoms with van der Waals surface area (Å²) in [6, 6.07) is 3.59. The van der Waals surface area contributed by atoms with Crippen molar-refractivity contribution in [1.82, 2.24) is 10.6 Å². The largest absolute Gasteiger partial charge is 0.495 e. The monoisotopic (exact) mass is 759 g/mol. The predicted molar refractivity (Wildman–Crippen MR) is 147 cm³/mol. The molecule has 0 aromatic heterocycles. The van der Waals surface area contributed by atoms with Gasteiger partial charge in [0.25, 0.3) is 5.91 Å². The van der Waals surface area contributed by atoms with Crippen LogP contribution in [0.2, 0.25) is 0 Å². The number of amides is 1. The van der Waals surface area contributed by atoms with Crippen LogP contribution in [0.1, 0.15) is 24.5 Å². The lowest BCUT2D eigenvalue weighted by Crippen LogP contribution is -2.49. The molecule has 0 radical (unpaired) electrons. The number of nitrogens with zero attached hydrogens (tertiary/aromatic N) is 1. The SMILES string of the molecule is CNCC(O)c1cc(Br)c(OCCCNC(=O)C2=NO[C@@]3(CC(Br)=C(OC)C(Br)=CO3)[C@H]2O)c(Br)c1. The van der Waals surface area contributed by atoms with Crippen molar-refractivity contribution < 1.29 is 34.1 Å². The molecule has 1 amide bonds. The maximum Gasteiger partial charge on any atom is 0.311 e. The summed E-state index contributed by atoms with van der Waals surface area (Å²) in [4.78, 5) is 18.0. The molecule has 2 aliphatic rings. The van der Waals surface area contributed by atoms with E-state index in [2.05, 4.69) is 79.5 Å². The molecule has 1 aromatic carbocycles. The van der Waals surface area contributed by atoms with Gasteiger partial charge < -0.3 is 39.9 Å². The van der Waals surface area contributed by atoms with Gasteiger partial charge in [-0.2, -0.15) is 0 Å². The maximum atomic E-state index is 12.6. The van der Waals surface area contributed by atoms with E-state index < -0.39 is 23.9 Å². The van der Waals surface area contributed by atoms with Crippen molar-refractivity contribution in [3.8, 4) is 5.75 Å². The lowest BCUT2D eigenvalue weighted by molar-refractivity contribution is -0.225. The summed E-state index contributed by atoms with van der Waals surface area (Å²) in [5.74, 6) is -1.11. The first kappa shape index (κ1) is 29.4. The number of ether oxygens (including phenoxy) is 3. The number of aliphatic hydroxyl groups is 2. The van der Waals surface area contributed by atoms with E-state index in [4.69, 9.17) is 19.0 Å². The second-order valence-corrected chi connectivity index (χ2v) is 11.3. The number of hydrogen-bond acceptors (Lipinski definition) is 9. The van der Waals surface area contributed by atoms with Gasteiger partial charge in [0.2, 0.25) is 0 Å². The molecule has 198 valence electrons. The molecule has 4 N–H and O–H groups in total. The number of benzene rings is 1. The fourth-order valence-corrected chi connectivity index (χ4v) is 6.43. The lowest BCUT2D eigenvalue weighted by Gasteiger charge is -2.27. The molecule has 36 heavy (non-hydrogen) atoms. The van der Waals surface area contributed by atoms with Crippen LogP contribution in [0.5, 0.6) is 5.75 Å². The zero-order chi connectivity index (χ0) is 26.5. The number of carbonyl (C=O) groups is 1. The van der Waals surface area contributed by atoms with E-state index in [0.29, 0.717) is 49.0 Å². The van der Waals surface area contributed by atoms with Gasteiger partial charge in [0.15, 0.2) is 11.8 Å². The number of halogens is 4. The fourth-order valence-electron chi connectivity index (χ4n) is 3.46. The van der Waals surface area contributed by atoms with Crippen molar-refractivity contribution in [3.05, 3.63) is 47.6 Å². The first-order chi connectivity index (χ1) is 17.1. The number of methoxy groups -OCH3 is 1. The van der Waals surface area contributed by atoms with E-state index in [9.17, 15) is 15.0 Å². The van der Waals surface area contributed by atoms with Gasteiger partial charge in [0, 0.05) is 17.6 Å². The summed E-state index contributed by atoms with van der Waals surface area (Å²) >= 11 is 13.7. The van der Waals surface area contributed by atoms with Crippen LogP contribution in [0.25, 0.3) is 0 Å². The van der Waals surface area contributed by atoms with Gasteiger partial charge in [-0.25, -0.2) is 0 Å². The normalized spacial score (nSPS) is 22.3. The molecular formula is C22H25Br4N3O7. The second kappa shape index (κ2) is 13.1. The molecular weight excluding hydrogens is 738 g/mol. The number of rotatable bonds is 10. The van der Waals surface area contributed by atoms with E-state index in [1.807, 2.05) is 0 Å². The molecule has 0 fully saturated rings. The number of aliphatic hydroxyl groups excluding tert-OH is 2. The van der Waals surface area contributed by atoms with Crippen molar-refractivity contribution in [2.45, 2.75) is 30.8 Å². The Morgan fingerprint density at radius 3 is 2.64 bits per heavy atom. The third kappa shape index (κ3) is 6.63. The first-order valence-electron chi connectivity index (χ1n) is 10.8. The van der Waals surface area contributed by atoms with Crippen molar-refractivity contribution in [2.75, 3.05) is 33.9 Å². The van der Waals surface area contributed by atoms with Crippen molar-refractivity contribution in [3.63, 3.8) is 0 Å². The summed E-state index contributed by atoms with van der Waals surface area (Å²) in [5.41, 5.74) is 0.544. The number of carbonyl (C=O) groups excluding carboxylic acids is 1. The standard InChI is InChI=1S/C22H25Br4N3O7/c1-27-9-16(30)11-6-12(23)19(13(24)7-11)34-5-3-4-28-21(32)17-20(31)22(36-29-17)8-14(25)18(33-2)15(26)10-35-22/h6-7,10,16,20,27,30-31H,3-5,8-9H2,1-2H3,(H,28,32)/t16?,20-,22-/m0/s1. The minimum absolute atomic E-state index is 0.0611. The highest BCUT2D eigenvalue weighted by Gasteiger charge is 2.54. The number of oxime groups is 1. The summed E-state index contributed by atoms with van der Waals surface area (Å²) < 4.78 is 19.2. The summed E-state index contributed by atoms with van der Waals surface area (Å²) in [6.07, 6.45) is -0.205. The van der Waals surface area contributed by atoms with E-state index in [1.165, 1.54) is 13.4 Å². The number of likely N-dealkylation sites (N-methyl/N-ethyl adjacent to an activating group) is 1. The van der Waals surface area contributed by atoms with Crippen LogP contribution >= 0.6 is 63.7 Å². The molecule has 3 rings (SSSR count). The van der Waals surface area contributed by atoms with Gasteiger partial charge in [-0.3, -0.25) is 4.79 Å². The highest BCUT2D eigenvalue weighted by atomic mass is 79.9. The molecule has 2 aliphatic heterocycles. The molecule has 1 unspecified atom stereocenters. The Balaban J connectivity index is 1.50. The van der Waals surface area contributed by atoms with Gasteiger partial charge >= 0.3 is 5.79 Å². The number of nitrogens with one attached hydrogen (secondary N) is 2. The zero-order valence-electron chi connectivity index (χ0n) is 19.3. The molecule has 2 heterocycles. The van der Waals surface area contributed by atoms with Crippen LogP contribution in [0.15, 0.2) is 47.2 Å². The molecule has 0 saturated heterocycles. The van der Waals surface area contributed by atoms with E-state index in [1.54, 1.807) is 19.2 Å². The molecule has 3 atom stereocenters. The Kier molecular flexibility index (Phi) is 10.7. The fraction of sp³-hybridized carbons (Fsp3) is 0.455. The zero-order valence-corrected chi connectivity index (χ0v) is 25.7. The molecule has 0 aliphatic carbocycles. The Labute approximate surface area is 242 Å². The van der Waals surface area contributed by atoms with Crippen LogP contribution in [0, 0.1) is 0 Å². The van der Waals surface area contributed by atoms with Crippen molar-refractivity contribution in [1.29, 1.82) is 0 Å². The van der Waals surface area contributed by atoms with E-state index in [0.717, 1.165) is 5.56 Å². The average Bonchev–Trinajstić information content (AvgIpc) is 3.08. The minimum atomic E-state index is -1.60. The molecule has 0 saturated carbocycles. The van der Waals surface area contributed by atoms with Gasteiger partial charge in [0.1, 0.15) is 17.8 Å². The summed E-state index contributed by atoms with van der Waals surface area (Å²) in [5, 5.41) is 30.4. The highest BCUT2D eigenvalue weighted by molar-refractivity contribution is 9.12. The highest BCUT2D eigenvalue weighted by Crippen LogP contribution is 2.41. The Morgan fingerprint density at radius 1 is 1.31 bits per heavy atom. The Bertz CT molecular complexity index is 1060. The second-order valence-electron chi connectivity index (χ2n) is 7.83. The van der Waals surface area contributed by atoms with Gasteiger partial charge in [-0.1, -0.05) is 21.1 Å². The quantitative estimate of drug-likeness (QED) is 0.266. The van der Waals surface area contributed by atoms with Gasteiger partial charge in [-0.05, 0) is 79.0 Å². The molecule has 10 nitrogen and oxygen atoms in total. The van der Waals surface area contributed by atoms with E-state index in [-0.39, 0.29) is 18.7 Å². The average molecular weight is 763 g/mol. The molecule has 0 bridgehead atoms. The predicted octanol–water partition coefficient (Wildman–Crippen LogP) is 3.70. The first-order valence-corrected chi connectivity index (χ1v) is 13.9. The van der Waals surface area contributed by atoms with E-state index >= 15 is 0 Å². The number of hydrogen-bond donors (Lipinski definition) is 4. The summed E-state index contributed by atoms with van der Waals surface area (Å²) in [7, 11) is 3.26. The van der Waals surface area contributed by atoms with Gasteiger partial charge in [0.05, 0.1) is 39.7 Å². The minimum Gasteiger partial charge on any atom is -0.495 e. The molecule has 1 spiro atoms. The van der Waals surface area contributed by atoms with Crippen LogP contribution in [0.4, 0.5) is 0 Å². The van der Waals surface area contributed by atoms with Crippen LogP contribution in [-0.4, -0.2) is 67.6 Å². The van der Waals surface area contributed by atoms with Crippen LogP contribution in [0.3, 0.4) is 0 Å². The Hall–Kier alpha value is -1.16.